The highest BCUT2D eigenvalue weighted by Gasteiger charge is 2.19. The minimum Gasteiger partial charge on any atom is -0.481 e. The topological polar surface area (TPSA) is 76.0 Å². The average Bonchev–Trinajstić information content (AvgIpc) is 2.71. The third-order valence-electron chi connectivity index (χ3n) is 2.71. The predicted molar refractivity (Wildman–Crippen MR) is 52.4 cm³/mol. The summed E-state index contributed by atoms with van der Waals surface area (Å²) in [5.74, 6) is -0.168. The van der Waals surface area contributed by atoms with Gasteiger partial charge in [-0.3, -0.25) is 4.79 Å². The molecule has 15 heavy (non-hydrogen) atoms. The van der Waals surface area contributed by atoms with Crippen molar-refractivity contribution in [1.29, 1.82) is 0 Å². The Morgan fingerprint density at radius 1 is 1.40 bits per heavy atom. The molecule has 2 rings (SSSR count). The van der Waals surface area contributed by atoms with E-state index in [2.05, 4.69) is 15.2 Å². The van der Waals surface area contributed by atoms with Gasteiger partial charge in [0.1, 0.15) is 6.42 Å². The number of nitrogens with zero attached hydrogens (tertiary/aromatic N) is 3. The Kier molecular flexibility index (Phi) is 2.89. The van der Waals surface area contributed by atoms with Gasteiger partial charge in [0, 0.05) is 5.92 Å². The number of aliphatic carboxylic acids is 1. The van der Waals surface area contributed by atoms with Gasteiger partial charge < -0.3 is 5.11 Å². The third kappa shape index (κ3) is 2.49. The molecule has 1 aromatic rings. The molecule has 0 saturated heterocycles. The van der Waals surface area contributed by atoms with Crippen molar-refractivity contribution in [3.8, 4) is 0 Å². The Hall–Kier alpha value is -1.52. The minimum absolute atomic E-state index is 0.155. The normalized spacial score (nSPS) is 16.8. The lowest BCUT2D eigenvalue weighted by atomic mass is 10.1. The van der Waals surface area contributed by atoms with Gasteiger partial charge in [-0.1, -0.05) is 12.8 Å². The zero-order valence-electron chi connectivity index (χ0n) is 8.39. The molecule has 0 amide bonds. The first-order valence-electron chi connectivity index (χ1n) is 5.16. The molecular weight excluding hydrogens is 194 g/mol. The minimum atomic E-state index is -0.926. The molecule has 5 nitrogen and oxygen atoms in total. The van der Waals surface area contributed by atoms with Crippen LogP contribution in [0, 0.1) is 0 Å². The summed E-state index contributed by atoms with van der Waals surface area (Å²) in [5.41, 5.74) is 0.904. The molecule has 1 saturated carbocycles. The molecule has 5 heteroatoms. The summed E-state index contributed by atoms with van der Waals surface area (Å²) in [6, 6.07) is 0. The van der Waals surface area contributed by atoms with Crippen LogP contribution in [-0.2, 0) is 11.2 Å². The summed E-state index contributed by atoms with van der Waals surface area (Å²) in [4.78, 5) is 14.4. The van der Waals surface area contributed by atoms with E-state index in [0.717, 1.165) is 18.5 Å². The van der Waals surface area contributed by atoms with E-state index in [9.17, 15) is 4.79 Å². The molecule has 1 aliphatic carbocycles. The molecule has 1 aromatic heterocycles. The molecular formula is C10H13N3O2. The highest BCUT2D eigenvalue weighted by molar-refractivity contribution is 5.68. The van der Waals surface area contributed by atoms with Gasteiger partial charge in [0.15, 0.2) is 5.82 Å². The molecule has 0 aliphatic heterocycles. The van der Waals surface area contributed by atoms with Crippen LogP contribution >= 0.6 is 0 Å². The van der Waals surface area contributed by atoms with Gasteiger partial charge in [-0.2, -0.15) is 5.10 Å². The summed E-state index contributed by atoms with van der Waals surface area (Å²) in [6.07, 6.45) is 6.29. The fraction of sp³-hybridized carbons (Fsp3) is 0.600. The van der Waals surface area contributed by atoms with E-state index in [1.807, 2.05) is 0 Å². The molecule has 80 valence electrons. The summed E-state index contributed by atoms with van der Waals surface area (Å²) >= 11 is 0. The van der Waals surface area contributed by atoms with Gasteiger partial charge in [-0.15, -0.1) is 5.10 Å². The Labute approximate surface area is 87.6 Å². The second-order valence-corrected chi connectivity index (χ2v) is 3.85. The van der Waals surface area contributed by atoms with Crippen molar-refractivity contribution in [3.05, 3.63) is 17.7 Å². The van der Waals surface area contributed by atoms with E-state index >= 15 is 0 Å². The molecule has 0 aromatic carbocycles. The van der Waals surface area contributed by atoms with E-state index in [1.165, 1.54) is 12.8 Å². The Balaban J connectivity index is 2.06. The number of hydrogen-bond acceptors (Lipinski definition) is 4. The van der Waals surface area contributed by atoms with E-state index in [1.54, 1.807) is 6.20 Å². The highest BCUT2D eigenvalue weighted by Crippen LogP contribution is 2.32. The van der Waals surface area contributed by atoms with Crippen LogP contribution in [0.5, 0.6) is 0 Å². The second-order valence-electron chi connectivity index (χ2n) is 3.85. The van der Waals surface area contributed by atoms with Crippen molar-refractivity contribution in [2.45, 2.75) is 38.0 Å². The summed E-state index contributed by atoms with van der Waals surface area (Å²) in [5, 5.41) is 16.4. The molecule has 0 spiro atoms. The van der Waals surface area contributed by atoms with Crippen LogP contribution in [0.4, 0.5) is 0 Å². The molecule has 0 atom stereocenters. The Bertz CT molecular complexity index is 344. The van der Waals surface area contributed by atoms with Crippen LogP contribution < -0.4 is 0 Å². The van der Waals surface area contributed by atoms with Gasteiger partial charge in [0.25, 0.3) is 0 Å². The van der Waals surface area contributed by atoms with Crippen LogP contribution in [0.1, 0.15) is 43.1 Å². The number of carbonyl (C=O) groups is 1. The second kappa shape index (κ2) is 4.33. The predicted octanol–water partition coefficient (Wildman–Crippen LogP) is 1.16. The quantitative estimate of drug-likeness (QED) is 0.804. The molecule has 1 aliphatic rings. The zero-order valence-corrected chi connectivity index (χ0v) is 8.39. The fourth-order valence-corrected chi connectivity index (χ4v) is 1.93. The maximum atomic E-state index is 10.4. The van der Waals surface area contributed by atoms with Gasteiger partial charge in [0.05, 0.1) is 11.9 Å². The highest BCUT2D eigenvalue weighted by atomic mass is 16.4. The molecule has 1 N–H and O–H groups in total. The summed E-state index contributed by atoms with van der Waals surface area (Å²) in [7, 11) is 0. The van der Waals surface area contributed by atoms with Crippen LogP contribution in [0.2, 0.25) is 0 Å². The van der Waals surface area contributed by atoms with E-state index < -0.39 is 5.97 Å². The lowest BCUT2D eigenvalue weighted by Gasteiger charge is -2.06. The maximum absolute atomic E-state index is 10.4. The molecule has 1 fully saturated rings. The average molecular weight is 207 g/mol. The lowest BCUT2D eigenvalue weighted by molar-refractivity contribution is -0.136. The lowest BCUT2D eigenvalue weighted by Crippen LogP contribution is -2.08. The van der Waals surface area contributed by atoms with Crippen LogP contribution in [0.3, 0.4) is 0 Å². The van der Waals surface area contributed by atoms with Gasteiger partial charge >= 0.3 is 5.97 Å². The van der Waals surface area contributed by atoms with E-state index in [0.29, 0.717) is 5.92 Å². The summed E-state index contributed by atoms with van der Waals surface area (Å²) in [6.45, 7) is 0. The number of carboxylic acid groups (broad SMARTS) is 1. The number of hydrogen-bond donors (Lipinski definition) is 1. The first kappa shape index (κ1) is 10.0. The Morgan fingerprint density at radius 3 is 2.67 bits per heavy atom. The molecule has 0 bridgehead atoms. The van der Waals surface area contributed by atoms with Gasteiger partial charge in [-0.25, -0.2) is 4.98 Å². The van der Waals surface area contributed by atoms with Gasteiger partial charge in [0.2, 0.25) is 0 Å². The van der Waals surface area contributed by atoms with Crippen molar-refractivity contribution in [1.82, 2.24) is 15.2 Å². The first-order chi connectivity index (χ1) is 7.25. The first-order valence-corrected chi connectivity index (χ1v) is 5.16. The maximum Gasteiger partial charge on any atom is 0.311 e. The number of rotatable bonds is 3. The van der Waals surface area contributed by atoms with Crippen molar-refractivity contribution >= 4 is 5.97 Å². The summed E-state index contributed by atoms with van der Waals surface area (Å²) < 4.78 is 0. The fourth-order valence-electron chi connectivity index (χ4n) is 1.93. The van der Waals surface area contributed by atoms with Crippen molar-refractivity contribution < 1.29 is 9.90 Å². The van der Waals surface area contributed by atoms with Crippen molar-refractivity contribution in [2.75, 3.05) is 0 Å². The Morgan fingerprint density at radius 2 is 2.13 bits per heavy atom. The van der Waals surface area contributed by atoms with Crippen molar-refractivity contribution in [2.24, 2.45) is 0 Å². The largest absolute Gasteiger partial charge is 0.481 e. The van der Waals surface area contributed by atoms with Crippen molar-refractivity contribution in [3.63, 3.8) is 0 Å². The third-order valence-corrected chi connectivity index (χ3v) is 2.71. The zero-order chi connectivity index (χ0) is 10.7. The SMILES string of the molecule is O=C(O)Cc1ncc(C2CCCC2)nn1. The molecule has 0 radical (unpaired) electrons. The monoisotopic (exact) mass is 207 g/mol. The van der Waals surface area contributed by atoms with Crippen LogP contribution in [0.25, 0.3) is 0 Å². The molecule has 0 unspecified atom stereocenters. The molecule has 1 heterocycles. The number of carboxylic acids is 1. The van der Waals surface area contributed by atoms with E-state index in [-0.39, 0.29) is 12.2 Å². The van der Waals surface area contributed by atoms with Gasteiger partial charge in [-0.05, 0) is 12.8 Å². The van der Waals surface area contributed by atoms with Crippen LogP contribution in [-0.4, -0.2) is 26.3 Å². The van der Waals surface area contributed by atoms with E-state index in [4.69, 9.17) is 5.11 Å². The smallest absolute Gasteiger partial charge is 0.311 e. The standard InChI is InChI=1S/C10H13N3O2/c14-10(15)5-9-11-6-8(12-13-9)7-3-1-2-4-7/h6-7H,1-5H2,(H,14,15). The van der Waals surface area contributed by atoms with Crippen LogP contribution in [0.15, 0.2) is 6.20 Å². The number of aromatic nitrogens is 3.